The summed E-state index contributed by atoms with van der Waals surface area (Å²) in [4.78, 5) is 29.5. The molecule has 0 aliphatic carbocycles. The summed E-state index contributed by atoms with van der Waals surface area (Å²) >= 11 is 3.43. The van der Waals surface area contributed by atoms with E-state index in [0.29, 0.717) is 25.3 Å². The highest BCUT2D eigenvalue weighted by molar-refractivity contribution is 9.10. The van der Waals surface area contributed by atoms with Crippen molar-refractivity contribution in [1.82, 2.24) is 9.80 Å². The number of Topliss-reactive ketones (excluding diaryl/α,β-unsaturated/α-hetero) is 1. The maximum Gasteiger partial charge on any atom is 0.295 e. The summed E-state index contributed by atoms with van der Waals surface area (Å²) in [6.07, 6.45) is 0.894. The Labute approximate surface area is 197 Å². The number of ketones is 1. The molecule has 0 radical (unpaired) electrons. The lowest BCUT2D eigenvalue weighted by atomic mass is 9.95. The molecular formula is C25H29BrN2O4. The van der Waals surface area contributed by atoms with Gasteiger partial charge in [-0.15, -0.1) is 0 Å². The molecule has 1 fully saturated rings. The summed E-state index contributed by atoms with van der Waals surface area (Å²) in [5.74, 6) is -0.702. The van der Waals surface area contributed by atoms with Crippen LogP contribution in [0.25, 0.3) is 5.76 Å². The lowest BCUT2D eigenvalue weighted by molar-refractivity contribution is -0.140. The van der Waals surface area contributed by atoms with Gasteiger partial charge in [0.1, 0.15) is 11.5 Å². The van der Waals surface area contributed by atoms with E-state index in [4.69, 9.17) is 4.74 Å². The molecule has 1 saturated heterocycles. The minimum absolute atomic E-state index is 0.109. The highest BCUT2D eigenvalue weighted by atomic mass is 79.9. The topological polar surface area (TPSA) is 70.1 Å². The third-order valence-corrected chi connectivity index (χ3v) is 5.95. The molecule has 0 saturated carbocycles. The first-order valence-corrected chi connectivity index (χ1v) is 11.5. The van der Waals surface area contributed by atoms with Crippen molar-refractivity contribution in [3.63, 3.8) is 0 Å². The van der Waals surface area contributed by atoms with E-state index in [2.05, 4.69) is 15.9 Å². The third kappa shape index (κ3) is 5.05. The van der Waals surface area contributed by atoms with Gasteiger partial charge in [0, 0.05) is 23.1 Å². The minimum Gasteiger partial charge on any atom is -0.507 e. The quantitative estimate of drug-likeness (QED) is 0.327. The fourth-order valence-electron chi connectivity index (χ4n) is 3.74. The number of carbonyl (C=O) groups excluding carboxylic acids is 2. The van der Waals surface area contributed by atoms with Crippen LogP contribution in [0.2, 0.25) is 0 Å². The number of aliphatic hydroxyl groups excluding tert-OH is 1. The zero-order chi connectivity index (χ0) is 23.4. The Morgan fingerprint density at radius 1 is 1.16 bits per heavy atom. The number of aliphatic hydroxyl groups is 1. The average molecular weight is 501 g/mol. The predicted octanol–water partition coefficient (Wildman–Crippen LogP) is 4.53. The molecule has 0 aromatic heterocycles. The number of amides is 1. The number of benzene rings is 2. The van der Waals surface area contributed by atoms with Crippen molar-refractivity contribution in [2.24, 2.45) is 0 Å². The molecule has 32 heavy (non-hydrogen) atoms. The van der Waals surface area contributed by atoms with Gasteiger partial charge in [0.25, 0.3) is 11.7 Å². The number of hydrogen-bond donors (Lipinski definition) is 1. The van der Waals surface area contributed by atoms with Crippen molar-refractivity contribution in [3.8, 4) is 5.75 Å². The molecule has 2 aromatic carbocycles. The molecule has 3 rings (SSSR count). The SMILES string of the molecule is CCCOc1ccc(C(O)=C2C(=O)C(=O)N(CCN(C)C)[C@H]2c2ccc(Br)cc2)cc1C. The molecule has 1 atom stereocenters. The standard InChI is InChI=1S/C25H29BrN2O4/c1-5-14-32-20-11-8-18(15-16(20)2)23(29)21-22(17-6-9-19(26)10-7-17)28(13-12-27(3)4)25(31)24(21)30/h6-11,15,22,29H,5,12-14H2,1-4H3/t22-/m0/s1. The minimum atomic E-state index is -0.668. The van der Waals surface area contributed by atoms with Crippen LogP contribution < -0.4 is 4.74 Å². The second-order valence-electron chi connectivity index (χ2n) is 8.18. The molecular weight excluding hydrogens is 472 g/mol. The smallest absolute Gasteiger partial charge is 0.295 e. The van der Waals surface area contributed by atoms with Gasteiger partial charge in [-0.25, -0.2) is 0 Å². The van der Waals surface area contributed by atoms with Crippen LogP contribution in [0.3, 0.4) is 0 Å². The fourth-order valence-corrected chi connectivity index (χ4v) is 4.00. The van der Waals surface area contributed by atoms with Crippen molar-refractivity contribution in [1.29, 1.82) is 0 Å². The van der Waals surface area contributed by atoms with E-state index in [-0.39, 0.29) is 11.3 Å². The van der Waals surface area contributed by atoms with Gasteiger partial charge in [0.05, 0.1) is 18.2 Å². The van der Waals surface area contributed by atoms with Gasteiger partial charge in [-0.05, 0) is 68.9 Å². The van der Waals surface area contributed by atoms with Gasteiger partial charge in [-0.3, -0.25) is 9.59 Å². The number of halogens is 1. The van der Waals surface area contributed by atoms with Crippen LogP contribution in [-0.2, 0) is 9.59 Å². The number of aryl methyl sites for hydroxylation is 1. The molecule has 1 N–H and O–H groups in total. The van der Waals surface area contributed by atoms with Crippen molar-refractivity contribution >= 4 is 33.4 Å². The third-order valence-electron chi connectivity index (χ3n) is 5.42. The molecule has 1 aliphatic heterocycles. The molecule has 0 unspecified atom stereocenters. The van der Waals surface area contributed by atoms with Crippen LogP contribution in [0.1, 0.15) is 36.1 Å². The van der Waals surface area contributed by atoms with E-state index >= 15 is 0 Å². The number of rotatable bonds is 8. The number of hydrogen-bond acceptors (Lipinski definition) is 5. The van der Waals surface area contributed by atoms with Crippen LogP contribution in [0.15, 0.2) is 52.5 Å². The summed E-state index contributed by atoms with van der Waals surface area (Å²) in [5, 5.41) is 11.2. The largest absolute Gasteiger partial charge is 0.507 e. The Morgan fingerprint density at radius 3 is 2.44 bits per heavy atom. The lowest BCUT2D eigenvalue weighted by Gasteiger charge is -2.26. The van der Waals surface area contributed by atoms with E-state index in [0.717, 1.165) is 27.8 Å². The summed E-state index contributed by atoms with van der Waals surface area (Å²) in [6.45, 7) is 5.50. The van der Waals surface area contributed by atoms with E-state index < -0.39 is 17.7 Å². The van der Waals surface area contributed by atoms with Gasteiger partial charge >= 0.3 is 0 Å². The van der Waals surface area contributed by atoms with E-state index in [1.54, 1.807) is 23.1 Å². The Hall–Kier alpha value is -2.64. The Bertz CT molecular complexity index is 1030. The van der Waals surface area contributed by atoms with Crippen molar-refractivity contribution in [3.05, 3.63) is 69.2 Å². The van der Waals surface area contributed by atoms with E-state index in [1.807, 2.05) is 57.1 Å². The van der Waals surface area contributed by atoms with Crippen LogP contribution in [0.5, 0.6) is 5.75 Å². The van der Waals surface area contributed by atoms with Gasteiger partial charge < -0.3 is 19.6 Å². The lowest BCUT2D eigenvalue weighted by Crippen LogP contribution is -2.35. The van der Waals surface area contributed by atoms with Crippen molar-refractivity contribution < 1.29 is 19.4 Å². The molecule has 0 spiro atoms. The molecule has 0 bridgehead atoms. The number of likely N-dealkylation sites (N-methyl/N-ethyl adjacent to an activating group) is 1. The molecule has 1 amide bonds. The van der Waals surface area contributed by atoms with Gasteiger partial charge in [-0.2, -0.15) is 0 Å². The summed E-state index contributed by atoms with van der Waals surface area (Å²) in [5.41, 5.74) is 2.22. The maximum atomic E-state index is 13.1. The second kappa shape index (κ2) is 10.3. The first-order chi connectivity index (χ1) is 15.2. The zero-order valence-corrected chi connectivity index (χ0v) is 20.5. The highest BCUT2D eigenvalue weighted by Crippen LogP contribution is 2.40. The zero-order valence-electron chi connectivity index (χ0n) is 18.9. The van der Waals surface area contributed by atoms with Crippen LogP contribution in [0, 0.1) is 6.92 Å². The highest BCUT2D eigenvalue weighted by Gasteiger charge is 2.45. The van der Waals surface area contributed by atoms with Crippen LogP contribution >= 0.6 is 15.9 Å². The summed E-state index contributed by atoms with van der Waals surface area (Å²) in [6, 6.07) is 12.1. The van der Waals surface area contributed by atoms with Gasteiger partial charge in [0.15, 0.2) is 0 Å². The van der Waals surface area contributed by atoms with Gasteiger partial charge in [-0.1, -0.05) is 35.0 Å². The van der Waals surface area contributed by atoms with Crippen LogP contribution in [0.4, 0.5) is 0 Å². The molecule has 1 aliphatic rings. The Morgan fingerprint density at radius 2 is 1.84 bits per heavy atom. The monoisotopic (exact) mass is 500 g/mol. The Balaban J connectivity index is 2.09. The van der Waals surface area contributed by atoms with E-state index in [1.165, 1.54) is 0 Å². The number of ether oxygens (including phenoxy) is 1. The molecule has 1 heterocycles. The number of nitrogens with zero attached hydrogens (tertiary/aromatic N) is 2. The predicted molar refractivity (Wildman–Crippen MR) is 129 cm³/mol. The second-order valence-corrected chi connectivity index (χ2v) is 9.09. The Kier molecular flexibility index (Phi) is 7.74. The molecule has 2 aromatic rings. The fraction of sp³-hybridized carbons (Fsp3) is 0.360. The van der Waals surface area contributed by atoms with E-state index in [9.17, 15) is 14.7 Å². The molecule has 170 valence electrons. The maximum absolute atomic E-state index is 13.1. The van der Waals surface area contributed by atoms with Crippen molar-refractivity contribution in [2.45, 2.75) is 26.3 Å². The van der Waals surface area contributed by atoms with Gasteiger partial charge in [0.2, 0.25) is 0 Å². The first kappa shape index (κ1) is 24.0. The first-order valence-electron chi connectivity index (χ1n) is 10.7. The molecule has 7 heteroatoms. The van der Waals surface area contributed by atoms with Crippen LogP contribution in [-0.4, -0.2) is 60.4 Å². The number of likely N-dealkylation sites (tertiary alicyclic amines) is 1. The average Bonchev–Trinajstić information content (AvgIpc) is 3.01. The molecule has 6 nitrogen and oxygen atoms in total. The normalized spacial score (nSPS) is 17.9. The summed E-state index contributed by atoms with van der Waals surface area (Å²) in [7, 11) is 3.83. The summed E-state index contributed by atoms with van der Waals surface area (Å²) < 4.78 is 6.61. The van der Waals surface area contributed by atoms with Crippen molar-refractivity contribution in [2.75, 3.05) is 33.8 Å². The number of carbonyl (C=O) groups is 2.